The first-order valence-electron chi connectivity index (χ1n) is 13.9. The lowest BCUT2D eigenvalue weighted by Crippen LogP contribution is -2.50. The number of rotatable bonds is 6. The van der Waals surface area contributed by atoms with Crippen LogP contribution < -0.4 is 9.62 Å². The molecular formula is C30H41N3O7S. The van der Waals surface area contributed by atoms with E-state index < -0.39 is 33.2 Å². The molecule has 1 aliphatic rings. The van der Waals surface area contributed by atoms with Crippen molar-refractivity contribution in [1.29, 1.82) is 0 Å². The lowest BCUT2D eigenvalue weighted by molar-refractivity contribution is -0.158. The maximum absolute atomic E-state index is 13.3. The first-order chi connectivity index (χ1) is 18.9. The van der Waals surface area contributed by atoms with Crippen molar-refractivity contribution >= 4 is 49.7 Å². The summed E-state index contributed by atoms with van der Waals surface area (Å²) >= 11 is 0. The molecule has 0 spiro atoms. The molecule has 3 aromatic rings. The minimum atomic E-state index is -4.04. The predicted octanol–water partition coefficient (Wildman–Crippen LogP) is 5.29. The normalized spacial score (nSPS) is 15.9. The molecule has 0 aliphatic carbocycles. The van der Waals surface area contributed by atoms with Gasteiger partial charge in [0.15, 0.2) is 0 Å². The highest BCUT2D eigenvalue weighted by atomic mass is 32.2. The van der Waals surface area contributed by atoms with Crippen LogP contribution in [0, 0.1) is 5.92 Å². The molecule has 0 saturated carbocycles. The van der Waals surface area contributed by atoms with Crippen LogP contribution in [0.25, 0.3) is 21.9 Å². The van der Waals surface area contributed by atoms with E-state index in [-0.39, 0.29) is 16.9 Å². The van der Waals surface area contributed by atoms with Crippen molar-refractivity contribution in [3.8, 4) is 0 Å². The van der Waals surface area contributed by atoms with Crippen LogP contribution in [-0.4, -0.2) is 68.8 Å². The first kappa shape index (κ1) is 30.6. The summed E-state index contributed by atoms with van der Waals surface area (Å²) in [4.78, 5) is 29.0. The van der Waals surface area contributed by atoms with Crippen molar-refractivity contribution in [3.05, 3.63) is 36.4 Å². The SMILES string of the molecule is CC(C)[C@H](NS(=O)(=O)c1ccc2c(c1)oc1ccc(N3CCN(C(=O)OC(C)(C)C)CC3)cc12)C(=O)OC(C)(C)C. The fraction of sp³-hybridized carbons (Fsp3) is 0.533. The molecule has 41 heavy (non-hydrogen) atoms. The van der Waals surface area contributed by atoms with Crippen molar-refractivity contribution in [2.24, 2.45) is 5.92 Å². The summed E-state index contributed by atoms with van der Waals surface area (Å²) in [6.07, 6.45) is -0.306. The number of carbonyl (C=O) groups excluding carboxylic acids is 2. The molecule has 1 saturated heterocycles. The van der Waals surface area contributed by atoms with E-state index in [1.165, 1.54) is 12.1 Å². The summed E-state index contributed by atoms with van der Waals surface area (Å²) in [7, 11) is -4.04. The number of esters is 1. The van der Waals surface area contributed by atoms with Crippen LogP contribution >= 0.6 is 0 Å². The van der Waals surface area contributed by atoms with E-state index in [0.717, 1.165) is 16.5 Å². The highest BCUT2D eigenvalue weighted by Gasteiger charge is 2.32. The third-order valence-corrected chi connectivity index (χ3v) is 8.08. The van der Waals surface area contributed by atoms with Gasteiger partial charge in [-0.25, -0.2) is 13.2 Å². The third-order valence-electron chi connectivity index (χ3n) is 6.64. The number of carbonyl (C=O) groups is 2. The van der Waals surface area contributed by atoms with Gasteiger partial charge in [-0.15, -0.1) is 0 Å². The second-order valence-corrected chi connectivity index (χ2v) is 14.5. The first-order valence-corrected chi connectivity index (χ1v) is 15.4. The Hall–Kier alpha value is -3.31. The van der Waals surface area contributed by atoms with Crippen molar-refractivity contribution in [3.63, 3.8) is 0 Å². The maximum atomic E-state index is 13.3. The molecule has 2 heterocycles. The number of fused-ring (bicyclic) bond motifs is 3. The van der Waals surface area contributed by atoms with Gasteiger partial charge in [-0.05, 0) is 77.8 Å². The van der Waals surface area contributed by atoms with E-state index in [0.29, 0.717) is 37.3 Å². The summed E-state index contributed by atoms with van der Waals surface area (Å²) in [6, 6.07) is 9.52. The molecular weight excluding hydrogens is 546 g/mol. The lowest BCUT2D eigenvalue weighted by Gasteiger charge is -2.36. The molecule has 10 nitrogen and oxygen atoms in total. The molecule has 0 radical (unpaired) electrons. The summed E-state index contributed by atoms with van der Waals surface area (Å²) in [5, 5.41) is 1.64. The molecule has 4 rings (SSSR count). The van der Waals surface area contributed by atoms with Crippen LogP contribution in [0.15, 0.2) is 45.7 Å². The number of ether oxygens (including phenoxy) is 2. The monoisotopic (exact) mass is 587 g/mol. The Morgan fingerprint density at radius 1 is 0.854 bits per heavy atom. The Labute approximate surface area is 242 Å². The van der Waals surface area contributed by atoms with Crippen molar-refractivity contribution in [1.82, 2.24) is 9.62 Å². The van der Waals surface area contributed by atoms with Gasteiger partial charge in [-0.2, -0.15) is 4.72 Å². The molecule has 224 valence electrons. The van der Waals surface area contributed by atoms with Gasteiger partial charge < -0.3 is 23.7 Å². The van der Waals surface area contributed by atoms with Crippen molar-refractivity contribution < 1.29 is 31.9 Å². The number of furan rings is 1. The smallest absolute Gasteiger partial charge is 0.410 e. The summed E-state index contributed by atoms with van der Waals surface area (Å²) < 4.78 is 46.0. The summed E-state index contributed by atoms with van der Waals surface area (Å²) in [5.41, 5.74) is 0.762. The van der Waals surface area contributed by atoms with Gasteiger partial charge in [0.25, 0.3) is 0 Å². The van der Waals surface area contributed by atoms with E-state index in [2.05, 4.69) is 9.62 Å². The number of amides is 1. The zero-order valence-electron chi connectivity index (χ0n) is 25.1. The minimum absolute atomic E-state index is 0.00301. The molecule has 1 fully saturated rings. The molecule has 11 heteroatoms. The zero-order valence-corrected chi connectivity index (χ0v) is 25.9. The Morgan fingerprint density at radius 3 is 2.07 bits per heavy atom. The fourth-order valence-electron chi connectivity index (χ4n) is 4.64. The zero-order chi connectivity index (χ0) is 30.3. The van der Waals surface area contributed by atoms with Gasteiger partial charge >= 0.3 is 12.1 Å². The number of anilines is 1. The van der Waals surface area contributed by atoms with Gasteiger partial charge in [0.2, 0.25) is 10.0 Å². The second kappa shape index (κ2) is 11.2. The number of nitrogens with one attached hydrogen (secondary N) is 1. The van der Waals surface area contributed by atoms with Crippen LogP contribution in [0.5, 0.6) is 0 Å². The van der Waals surface area contributed by atoms with Crippen LogP contribution in [0.4, 0.5) is 10.5 Å². The highest BCUT2D eigenvalue weighted by molar-refractivity contribution is 7.89. The summed E-state index contributed by atoms with van der Waals surface area (Å²) in [5.74, 6) is -0.945. The molecule has 1 aliphatic heterocycles. The minimum Gasteiger partial charge on any atom is -0.459 e. The molecule has 0 unspecified atom stereocenters. The second-order valence-electron chi connectivity index (χ2n) is 12.8. The Kier molecular flexibility index (Phi) is 8.35. The fourth-order valence-corrected chi connectivity index (χ4v) is 5.99. The van der Waals surface area contributed by atoms with Crippen molar-refractivity contribution in [2.45, 2.75) is 77.5 Å². The van der Waals surface area contributed by atoms with Crippen LogP contribution in [-0.2, 0) is 24.3 Å². The van der Waals surface area contributed by atoms with E-state index in [1.54, 1.807) is 45.6 Å². The summed E-state index contributed by atoms with van der Waals surface area (Å²) in [6.45, 7) is 16.7. The number of sulfonamides is 1. The van der Waals surface area contributed by atoms with Gasteiger partial charge in [0.05, 0.1) is 4.90 Å². The number of benzene rings is 2. The molecule has 1 aromatic heterocycles. The Morgan fingerprint density at radius 2 is 1.49 bits per heavy atom. The predicted molar refractivity (Wildman–Crippen MR) is 159 cm³/mol. The molecule has 0 bridgehead atoms. The third kappa shape index (κ3) is 7.32. The standard InChI is InChI=1S/C30H41N3O7S/c1-19(2)26(27(34)39-29(3,4)5)31-41(36,37)21-10-11-22-23-17-20(9-12-24(23)38-25(22)18-21)32-13-15-33(16-14-32)28(35)40-30(6,7)8/h9-12,17-19,26,31H,13-16H2,1-8H3/t26-/m0/s1. The lowest BCUT2D eigenvalue weighted by atomic mass is 10.1. The van der Waals surface area contributed by atoms with Gasteiger partial charge in [0.1, 0.15) is 28.4 Å². The average Bonchev–Trinajstić information content (AvgIpc) is 3.22. The van der Waals surface area contributed by atoms with Gasteiger partial charge in [-0.1, -0.05) is 13.8 Å². The molecule has 1 atom stereocenters. The molecule has 1 amide bonds. The Bertz CT molecular complexity index is 1540. The van der Waals surface area contributed by atoms with Gasteiger partial charge in [-0.3, -0.25) is 4.79 Å². The number of hydrogen-bond acceptors (Lipinski definition) is 8. The molecule has 2 aromatic carbocycles. The van der Waals surface area contributed by atoms with Crippen molar-refractivity contribution in [2.75, 3.05) is 31.1 Å². The van der Waals surface area contributed by atoms with E-state index in [4.69, 9.17) is 13.9 Å². The topological polar surface area (TPSA) is 118 Å². The Balaban J connectivity index is 1.53. The molecule has 1 N–H and O–H groups in total. The van der Waals surface area contributed by atoms with Crippen LogP contribution in [0.2, 0.25) is 0 Å². The van der Waals surface area contributed by atoms with Crippen LogP contribution in [0.1, 0.15) is 55.4 Å². The highest BCUT2D eigenvalue weighted by Crippen LogP contribution is 2.33. The quantitative estimate of drug-likeness (QED) is 0.387. The van der Waals surface area contributed by atoms with E-state index in [9.17, 15) is 18.0 Å². The largest absolute Gasteiger partial charge is 0.459 e. The number of piperazine rings is 1. The maximum Gasteiger partial charge on any atom is 0.410 e. The van der Waals surface area contributed by atoms with Gasteiger partial charge in [0, 0.05) is 48.7 Å². The van der Waals surface area contributed by atoms with Crippen LogP contribution in [0.3, 0.4) is 0 Å². The average molecular weight is 588 g/mol. The number of nitrogens with zero attached hydrogens (tertiary/aromatic N) is 2. The number of hydrogen-bond donors (Lipinski definition) is 1. The van der Waals surface area contributed by atoms with E-state index >= 15 is 0 Å². The van der Waals surface area contributed by atoms with E-state index in [1.807, 2.05) is 39.0 Å².